The normalized spacial score (nSPS) is 15.4. The predicted octanol–water partition coefficient (Wildman–Crippen LogP) is 0.602. The van der Waals surface area contributed by atoms with Gasteiger partial charge in [-0.2, -0.15) is 0 Å². The number of aromatic amines is 2. The summed E-state index contributed by atoms with van der Waals surface area (Å²) in [6.07, 6.45) is 2.53. The molecule has 1 aliphatic rings. The highest BCUT2D eigenvalue weighted by molar-refractivity contribution is 6.50. The molecule has 2 atom stereocenters. The fourth-order valence-electron chi connectivity index (χ4n) is 3.97. The standard InChI is InChI=1S/C22H20N4O6/c23-13(21(29)30)5-9-8-25-19-17(9)12(7-16(27)20(19)28)18-11(6-14(24)22(31)32)10-3-1-2-4-15(10)26-18/h1-4,7-8,13-14,25-26H,5-6,23-24H2,(H,29,30)(H,31,32). The van der Waals surface area contributed by atoms with Gasteiger partial charge in [-0.15, -0.1) is 0 Å². The van der Waals surface area contributed by atoms with Crippen LogP contribution in [0.25, 0.3) is 16.5 Å². The molecular formula is C22H20N4O6. The molecule has 0 aliphatic heterocycles. The van der Waals surface area contributed by atoms with Crippen LogP contribution in [0.4, 0.5) is 0 Å². The molecule has 0 radical (unpaired) electrons. The Morgan fingerprint density at radius 2 is 1.62 bits per heavy atom. The number of fused-ring (bicyclic) bond motifs is 2. The van der Waals surface area contributed by atoms with Crippen molar-refractivity contribution in [1.82, 2.24) is 9.97 Å². The highest BCUT2D eigenvalue weighted by atomic mass is 16.4. The number of carboxylic acid groups (broad SMARTS) is 2. The molecule has 1 aliphatic carbocycles. The van der Waals surface area contributed by atoms with E-state index in [1.165, 1.54) is 12.3 Å². The first-order chi connectivity index (χ1) is 15.2. The Bertz CT molecular complexity index is 1320. The van der Waals surface area contributed by atoms with Gasteiger partial charge >= 0.3 is 11.9 Å². The summed E-state index contributed by atoms with van der Waals surface area (Å²) in [7, 11) is 0. The molecule has 0 saturated carbocycles. The smallest absolute Gasteiger partial charge is 0.320 e. The lowest BCUT2D eigenvalue weighted by Gasteiger charge is -2.17. The van der Waals surface area contributed by atoms with Gasteiger partial charge in [-0.3, -0.25) is 19.2 Å². The number of para-hydroxylation sites is 1. The number of carboxylic acids is 2. The van der Waals surface area contributed by atoms with Crippen LogP contribution in [0.3, 0.4) is 0 Å². The topological polar surface area (TPSA) is 192 Å². The van der Waals surface area contributed by atoms with Gasteiger partial charge in [0.2, 0.25) is 11.6 Å². The van der Waals surface area contributed by atoms with E-state index < -0.39 is 35.6 Å². The van der Waals surface area contributed by atoms with Gasteiger partial charge in [0, 0.05) is 41.1 Å². The maximum atomic E-state index is 12.5. The van der Waals surface area contributed by atoms with E-state index in [0.717, 1.165) is 5.39 Å². The quantitative estimate of drug-likeness (QED) is 0.290. The molecule has 10 nitrogen and oxygen atoms in total. The first-order valence-corrected chi connectivity index (χ1v) is 9.76. The van der Waals surface area contributed by atoms with Gasteiger partial charge < -0.3 is 31.6 Å². The van der Waals surface area contributed by atoms with Crippen molar-refractivity contribution in [3.63, 3.8) is 0 Å². The third kappa shape index (κ3) is 3.51. The molecule has 0 amide bonds. The van der Waals surface area contributed by atoms with Gasteiger partial charge in [-0.1, -0.05) is 18.2 Å². The molecule has 1 aromatic carbocycles. The van der Waals surface area contributed by atoms with E-state index in [0.29, 0.717) is 33.5 Å². The zero-order chi connectivity index (χ0) is 23.2. The lowest BCUT2D eigenvalue weighted by atomic mass is 9.86. The zero-order valence-electron chi connectivity index (χ0n) is 16.7. The predicted molar refractivity (Wildman–Crippen MR) is 114 cm³/mol. The average Bonchev–Trinajstić information content (AvgIpc) is 3.33. The molecule has 10 heteroatoms. The molecule has 32 heavy (non-hydrogen) atoms. The number of ketones is 2. The summed E-state index contributed by atoms with van der Waals surface area (Å²) >= 11 is 0. The SMILES string of the molecule is NC(Cc1c[nH]c2c1C(c1[nH]c3ccccc3c1CC(N)C(=O)O)=CC(=O)C2=O)C(=O)O. The van der Waals surface area contributed by atoms with Crippen LogP contribution in [0, 0.1) is 0 Å². The number of carbonyl (C=O) groups is 4. The van der Waals surface area contributed by atoms with Gasteiger partial charge in [0.25, 0.3) is 0 Å². The molecule has 3 aromatic rings. The Hall–Kier alpha value is -4.02. The van der Waals surface area contributed by atoms with Gasteiger partial charge in [0.1, 0.15) is 12.1 Å². The van der Waals surface area contributed by atoms with Gasteiger partial charge in [-0.25, -0.2) is 0 Å². The molecule has 2 heterocycles. The third-order valence-corrected chi connectivity index (χ3v) is 5.54. The van der Waals surface area contributed by atoms with Crippen molar-refractivity contribution in [3.8, 4) is 0 Å². The first-order valence-electron chi connectivity index (χ1n) is 9.76. The first kappa shape index (κ1) is 21.2. The minimum Gasteiger partial charge on any atom is -0.480 e. The number of aromatic nitrogens is 2. The molecule has 0 fully saturated rings. The lowest BCUT2D eigenvalue weighted by Crippen LogP contribution is -2.33. The minimum absolute atomic E-state index is 0.0299. The number of allylic oxidation sites excluding steroid dienone is 1. The van der Waals surface area contributed by atoms with Crippen LogP contribution in [0.15, 0.2) is 36.5 Å². The highest BCUT2D eigenvalue weighted by Gasteiger charge is 2.33. The molecule has 0 spiro atoms. The zero-order valence-corrected chi connectivity index (χ0v) is 16.7. The van der Waals surface area contributed by atoms with E-state index in [9.17, 15) is 29.4 Å². The molecule has 8 N–H and O–H groups in total. The van der Waals surface area contributed by atoms with Crippen LogP contribution < -0.4 is 11.5 Å². The Balaban J connectivity index is 1.93. The van der Waals surface area contributed by atoms with Crippen LogP contribution in [0.1, 0.15) is 32.9 Å². The van der Waals surface area contributed by atoms with Crippen LogP contribution in [0.2, 0.25) is 0 Å². The van der Waals surface area contributed by atoms with Crippen molar-refractivity contribution in [2.24, 2.45) is 11.5 Å². The molecule has 0 saturated heterocycles. The summed E-state index contributed by atoms with van der Waals surface area (Å²) in [5.41, 5.74) is 14.4. The second-order valence-corrected chi connectivity index (χ2v) is 7.64. The minimum atomic E-state index is -1.22. The van der Waals surface area contributed by atoms with Gasteiger partial charge in [0.15, 0.2) is 0 Å². The fourth-order valence-corrected chi connectivity index (χ4v) is 3.97. The third-order valence-electron chi connectivity index (χ3n) is 5.54. The summed E-state index contributed by atoms with van der Waals surface area (Å²) in [4.78, 5) is 53.6. The summed E-state index contributed by atoms with van der Waals surface area (Å²) in [5.74, 6) is -3.89. The molecule has 164 valence electrons. The van der Waals surface area contributed by atoms with Crippen molar-refractivity contribution in [2.45, 2.75) is 24.9 Å². The number of hydrogen-bond donors (Lipinski definition) is 6. The summed E-state index contributed by atoms with van der Waals surface area (Å²) in [5, 5.41) is 19.3. The largest absolute Gasteiger partial charge is 0.480 e. The van der Waals surface area contributed by atoms with Crippen LogP contribution in [-0.2, 0) is 27.2 Å². The van der Waals surface area contributed by atoms with E-state index in [2.05, 4.69) is 9.97 Å². The van der Waals surface area contributed by atoms with Gasteiger partial charge in [-0.05, 0) is 23.3 Å². The van der Waals surface area contributed by atoms with Crippen molar-refractivity contribution in [1.29, 1.82) is 0 Å². The van der Waals surface area contributed by atoms with Crippen molar-refractivity contribution < 1.29 is 29.4 Å². The molecule has 2 aromatic heterocycles. The number of carbonyl (C=O) groups excluding carboxylic acids is 2. The van der Waals surface area contributed by atoms with Crippen molar-refractivity contribution >= 4 is 40.0 Å². The van der Waals surface area contributed by atoms with E-state index in [-0.39, 0.29) is 18.5 Å². The molecule has 2 unspecified atom stereocenters. The highest BCUT2D eigenvalue weighted by Crippen LogP contribution is 2.37. The van der Waals surface area contributed by atoms with E-state index >= 15 is 0 Å². The summed E-state index contributed by atoms with van der Waals surface area (Å²) < 4.78 is 0. The summed E-state index contributed by atoms with van der Waals surface area (Å²) in [6.45, 7) is 0. The Morgan fingerprint density at radius 3 is 2.31 bits per heavy atom. The Kier molecular flexibility index (Phi) is 5.25. The number of nitrogens with one attached hydrogen (secondary N) is 2. The number of Topliss-reactive ketones (excluding diaryl/α,β-unsaturated/α-hetero) is 1. The second-order valence-electron chi connectivity index (χ2n) is 7.64. The van der Waals surface area contributed by atoms with Gasteiger partial charge in [0.05, 0.1) is 11.4 Å². The molecule has 0 bridgehead atoms. The fraction of sp³-hybridized carbons (Fsp3) is 0.182. The number of benzene rings is 1. The number of nitrogens with two attached hydrogens (primary N) is 2. The molecular weight excluding hydrogens is 416 g/mol. The lowest BCUT2D eigenvalue weighted by molar-refractivity contribution is -0.139. The van der Waals surface area contributed by atoms with E-state index in [1.54, 1.807) is 24.3 Å². The second kappa shape index (κ2) is 7.91. The molecule has 4 rings (SSSR count). The van der Waals surface area contributed by atoms with Crippen LogP contribution in [-0.4, -0.2) is 55.8 Å². The van der Waals surface area contributed by atoms with E-state index in [1.807, 2.05) is 0 Å². The van der Waals surface area contributed by atoms with Crippen LogP contribution in [0.5, 0.6) is 0 Å². The number of H-pyrrole nitrogens is 2. The summed E-state index contributed by atoms with van der Waals surface area (Å²) in [6, 6.07) is 4.77. The maximum Gasteiger partial charge on any atom is 0.320 e. The monoisotopic (exact) mass is 436 g/mol. The average molecular weight is 436 g/mol. The Labute approximate surface area is 180 Å². The number of aliphatic carboxylic acids is 2. The Morgan fingerprint density at radius 1 is 0.969 bits per heavy atom. The van der Waals surface area contributed by atoms with Crippen molar-refractivity contribution in [3.05, 3.63) is 64.6 Å². The van der Waals surface area contributed by atoms with Crippen LogP contribution >= 0.6 is 0 Å². The van der Waals surface area contributed by atoms with Crippen molar-refractivity contribution in [2.75, 3.05) is 0 Å². The number of hydrogen-bond acceptors (Lipinski definition) is 6. The maximum absolute atomic E-state index is 12.5. The number of rotatable bonds is 7. The van der Waals surface area contributed by atoms with E-state index in [4.69, 9.17) is 11.5 Å².